The monoisotopic (exact) mass is 520 g/mol. The Balaban J connectivity index is 0.00000324. The van der Waals surface area contributed by atoms with Gasteiger partial charge in [0.25, 0.3) is 5.91 Å². The largest absolute Gasteiger partial charge is 0.465 e. The van der Waals surface area contributed by atoms with E-state index in [0.717, 1.165) is 29.8 Å². The van der Waals surface area contributed by atoms with Gasteiger partial charge in [-0.3, -0.25) is 9.69 Å². The van der Waals surface area contributed by atoms with Crippen LogP contribution in [0, 0.1) is 0 Å². The minimum atomic E-state index is -3.35. The predicted molar refractivity (Wildman–Crippen MR) is 135 cm³/mol. The van der Waals surface area contributed by atoms with E-state index in [1.165, 1.54) is 48.3 Å². The maximum Gasteiger partial charge on any atom is 0.341 e. The topological polar surface area (TPSA) is 92.8 Å². The molecule has 1 N–H and O–H groups in total. The first-order valence-corrected chi connectivity index (χ1v) is 13.1. The van der Waals surface area contributed by atoms with Gasteiger partial charge < -0.3 is 10.1 Å². The van der Waals surface area contributed by atoms with Crippen LogP contribution in [-0.2, 0) is 34.1 Å². The summed E-state index contributed by atoms with van der Waals surface area (Å²) in [5.74, 6) is -0.897. The highest BCUT2D eigenvalue weighted by Crippen LogP contribution is 2.38. The molecule has 3 aromatic rings. The number of halogens is 1. The number of rotatable bonds is 6. The summed E-state index contributed by atoms with van der Waals surface area (Å²) in [5, 5.41) is 3.28. The number of nitrogens with zero attached hydrogens (tertiary/aromatic N) is 1. The number of fused-ring (bicyclic) bond motifs is 1. The normalized spacial score (nSPS) is 13.5. The number of anilines is 1. The van der Waals surface area contributed by atoms with E-state index in [2.05, 4.69) is 22.3 Å². The van der Waals surface area contributed by atoms with E-state index < -0.39 is 21.7 Å². The van der Waals surface area contributed by atoms with Gasteiger partial charge in [0.05, 0.1) is 17.6 Å². The highest BCUT2D eigenvalue weighted by Gasteiger charge is 2.29. The molecule has 0 saturated carbocycles. The molecule has 0 spiro atoms. The van der Waals surface area contributed by atoms with Crippen molar-refractivity contribution in [1.29, 1.82) is 0 Å². The van der Waals surface area contributed by atoms with Crippen molar-refractivity contribution in [2.45, 2.75) is 24.4 Å². The molecule has 0 atom stereocenters. The van der Waals surface area contributed by atoms with Gasteiger partial charge in [0.15, 0.2) is 9.84 Å². The van der Waals surface area contributed by atoms with E-state index >= 15 is 0 Å². The van der Waals surface area contributed by atoms with Crippen LogP contribution in [0.4, 0.5) is 5.00 Å². The second kappa shape index (κ2) is 10.7. The smallest absolute Gasteiger partial charge is 0.341 e. The van der Waals surface area contributed by atoms with Crippen LogP contribution in [0.2, 0.25) is 0 Å². The summed E-state index contributed by atoms with van der Waals surface area (Å²) in [5.41, 5.74) is 2.84. The van der Waals surface area contributed by atoms with Crippen LogP contribution in [0.3, 0.4) is 0 Å². The van der Waals surface area contributed by atoms with Crippen LogP contribution in [0.1, 0.15) is 36.7 Å². The first-order valence-electron chi connectivity index (χ1n) is 10.4. The molecule has 0 unspecified atom stereocenters. The second-order valence-electron chi connectivity index (χ2n) is 7.90. The molecule has 10 heteroatoms. The number of nitrogens with one attached hydrogen (secondary N) is 1. The summed E-state index contributed by atoms with van der Waals surface area (Å²) < 4.78 is 28.3. The molecule has 0 aliphatic carbocycles. The minimum absolute atomic E-state index is 0. The summed E-state index contributed by atoms with van der Waals surface area (Å²) in [7, 11) is -2.03. The molecule has 0 fully saturated rings. The van der Waals surface area contributed by atoms with E-state index in [1.54, 1.807) is 0 Å². The van der Waals surface area contributed by atoms with Crippen molar-refractivity contribution in [3.63, 3.8) is 0 Å². The van der Waals surface area contributed by atoms with Gasteiger partial charge in [0, 0.05) is 36.3 Å². The predicted octanol–water partition coefficient (Wildman–Crippen LogP) is 4.17. The van der Waals surface area contributed by atoms with Crippen LogP contribution >= 0.6 is 23.7 Å². The quantitative estimate of drug-likeness (QED) is 0.490. The van der Waals surface area contributed by atoms with Gasteiger partial charge in [-0.05, 0) is 41.8 Å². The fraction of sp³-hybridized carbons (Fsp3) is 0.250. The Morgan fingerprint density at radius 2 is 1.76 bits per heavy atom. The standard InChI is InChI=1S/C24H24N2O5S2.ClH/c1-31-24(28)21-19-12-13-26(14-16-6-4-3-5-7-16)15-20(19)32-23(21)25-22(27)17-8-10-18(11-9-17)33(2,29)30;/h3-11H,12-15H2,1-2H3,(H,25,27);1H. The lowest BCUT2D eigenvalue weighted by atomic mass is 10.0. The van der Waals surface area contributed by atoms with Crippen LogP contribution in [0.25, 0.3) is 0 Å². The van der Waals surface area contributed by atoms with Crippen LogP contribution in [-0.4, -0.2) is 45.1 Å². The molecule has 2 aromatic carbocycles. The average Bonchev–Trinajstić information content (AvgIpc) is 3.15. The fourth-order valence-electron chi connectivity index (χ4n) is 3.87. The van der Waals surface area contributed by atoms with Crippen molar-refractivity contribution >= 4 is 50.5 Å². The number of methoxy groups -OCH3 is 1. The average molecular weight is 521 g/mol. The molecule has 34 heavy (non-hydrogen) atoms. The number of hydrogen-bond acceptors (Lipinski definition) is 7. The van der Waals surface area contributed by atoms with E-state index in [1.807, 2.05) is 18.2 Å². The molecule has 1 amide bonds. The third-order valence-electron chi connectivity index (χ3n) is 5.55. The van der Waals surface area contributed by atoms with E-state index in [-0.39, 0.29) is 17.3 Å². The Labute approximate surface area is 209 Å². The zero-order chi connectivity index (χ0) is 23.6. The molecule has 0 bridgehead atoms. The van der Waals surface area contributed by atoms with Gasteiger partial charge in [0.1, 0.15) is 5.00 Å². The molecule has 0 saturated heterocycles. The fourth-order valence-corrected chi connectivity index (χ4v) is 5.77. The molecule has 7 nitrogen and oxygen atoms in total. The molecular formula is C24H25ClN2O5S2. The summed E-state index contributed by atoms with van der Waals surface area (Å²) in [6.07, 6.45) is 1.80. The third kappa shape index (κ3) is 5.67. The molecule has 180 valence electrons. The lowest BCUT2D eigenvalue weighted by molar-refractivity contribution is 0.0600. The van der Waals surface area contributed by atoms with Crippen molar-refractivity contribution in [2.75, 3.05) is 25.2 Å². The van der Waals surface area contributed by atoms with Crippen molar-refractivity contribution in [2.24, 2.45) is 0 Å². The zero-order valence-corrected chi connectivity index (χ0v) is 21.2. The Morgan fingerprint density at radius 3 is 2.38 bits per heavy atom. The summed E-state index contributed by atoms with van der Waals surface area (Å²) in [6.45, 7) is 2.28. The summed E-state index contributed by atoms with van der Waals surface area (Å²) in [6, 6.07) is 15.9. The number of thiophene rings is 1. The highest BCUT2D eigenvalue weighted by atomic mass is 35.5. The lowest BCUT2D eigenvalue weighted by Crippen LogP contribution is -2.29. The molecule has 1 aliphatic heterocycles. The molecule has 1 aliphatic rings. The summed E-state index contributed by atoms with van der Waals surface area (Å²) >= 11 is 1.38. The number of benzene rings is 2. The van der Waals surface area contributed by atoms with Gasteiger partial charge in [-0.1, -0.05) is 30.3 Å². The molecule has 2 heterocycles. The number of amides is 1. The van der Waals surface area contributed by atoms with Gasteiger partial charge in [-0.15, -0.1) is 23.7 Å². The van der Waals surface area contributed by atoms with Gasteiger partial charge in [0.2, 0.25) is 0 Å². The van der Waals surface area contributed by atoms with E-state index in [0.29, 0.717) is 29.1 Å². The zero-order valence-electron chi connectivity index (χ0n) is 18.7. The van der Waals surface area contributed by atoms with E-state index in [9.17, 15) is 18.0 Å². The molecule has 1 aromatic heterocycles. The Hall–Kier alpha value is -2.72. The first kappa shape index (κ1) is 25.9. The van der Waals surface area contributed by atoms with Crippen LogP contribution in [0.15, 0.2) is 59.5 Å². The third-order valence-corrected chi connectivity index (χ3v) is 7.81. The van der Waals surface area contributed by atoms with Gasteiger partial charge in [-0.2, -0.15) is 0 Å². The van der Waals surface area contributed by atoms with E-state index in [4.69, 9.17) is 4.74 Å². The SMILES string of the molecule is COC(=O)c1c(NC(=O)c2ccc(S(C)(=O)=O)cc2)sc2c1CCN(Cc1ccccc1)C2.Cl. The number of carbonyl (C=O) groups excluding carboxylic acids is 2. The summed E-state index contributed by atoms with van der Waals surface area (Å²) in [4.78, 5) is 28.9. The second-order valence-corrected chi connectivity index (χ2v) is 11.0. The minimum Gasteiger partial charge on any atom is -0.465 e. The van der Waals surface area contributed by atoms with Crippen LogP contribution in [0.5, 0.6) is 0 Å². The lowest BCUT2D eigenvalue weighted by Gasteiger charge is -2.27. The molecular weight excluding hydrogens is 496 g/mol. The maximum absolute atomic E-state index is 12.8. The molecule has 4 rings (SSSR count). The number of sulfone groups is 1. The Bertz CT molecular complexity index is 1290. The Kier molecular flexibility index (Phi) is 8.14. The van der Waals surface area contributed by atoms with Crippen molar-refractivity contribution < 1.29 is 22.7 Å². The van der Waals surface area contributed by atoms with Gasteiger partial charge >= 0.3 is 5.97 Å². The Morgan fingerprint density at radius 1 is 1.09 bits per heavy atom. The first-order chi connectivity index (χ1) is 15.8. The maximum atomic E-state index is 12.8. The van der Waals surface area contributed by atoms with Crippen molar-refractivity contribution in [3.8, 4) is 0 Å². The van der Waals surface area contributed by atoms with Gasteiger partial charge in [-0.25, -0.2) is 13.2 Å². The number of esters is 1. The number of hydrogen-bond donors (Lipinski definition) is 1. The van der Waals surface area contributed by atoms with Crippen molar-refractivity contribution in [3.05, 3.63) is 81.7 Å². The number of carbonyl (C=O) groups is 2. The number of ether oxygens (including phenoxy) is 1. The highest BCUT2D eigenvalue weighted by molar-refractivity contribution is 7.90. The molecule has 0 radical (unpaired) electrons. The van der Waals surface area contributed by atoms with Crippen LogP contribution < -0.4 is 5.32 Å². The van der Waals surface area contributed by atoms with Crippen molar-refractivity contribution in [1.82, 2.24) is 4.90 Å².